The van der Waals surface area contributed by atoms with Gasteiger partial charge in [-0.25, -0.2) is 4.99 Å². The maximum atomic E-state index is 13.3. The van der Waals surface area contributed by atoms with Crippen molar-refractivity contribution in [2.24, 2.45) is 16.6 Å². The molecule has 0 saturated carbocycles. The predicted molar refractivity (Wildman–Crippen MR) is 134 cm³/mol. The molecule has 3 aromatic rings. The van der Waals surface area contributed by atoms with Gasteiger partial charge in [-0.1, -0.05) is 48.9 Å². The first-order valence-electron chi connectivity index (χ1n) is 11.2. The Morgan fingerprint density at radius 2 is 1.91 bits per heavy atom. The second-order valence-electron chi connectivity index (χ2n) is 8.69. The monoisotopic (exact) mass is 456 g/mol. The van der Waals surface area contributed by atoms with Crippen LogP contribution in [0, 0.1) is 17.2 Å². The number of nitrogens with zero attached hydrogens (tertiary/aromatic N) is 3. The molecule has 1 aromatic heterocycles. The third-order valence-corrected chi connectivity index (χ3v) is 7.63. The van der Waals surface area contributed by atoms with E-state index in [0.29, 0.717) is 5.56 Å². The van der Waals surface area contributed by atoms with E-state index >= 15 is 0 Å². The number of carbonyl (C=O) groups excluding carboxylic acids is 1. The van der Waals surface area contributed by atoms with Crippen molar-refractivity contribution in [3.8, 4) is 17.2 Å². The Kier molecular flexibility index (Phi) is 6.62. The van der Waals surface area contributed by atoms with Crippen LogP contribution in [0.5, 0.6) is 0 Å². The van der Waals surface area contributed by atoms with E-state index in [1.807, 2.05) is 31.2 Å². The maximum absolute atomic E-state index is 13.3. The minimum atomic E-state index is -0.712. The summed E-state index contributed by atoms with van der Waals surface area (Å²) >= 11 is 1.59. The van der Waals surface area contributed by atoms with Crippen LogP contribution in [0.4, 0.5) is 0 Å². The molecule has 0 spiro atoms. The topological polar surface area (TPSA) is 82.5 Å². The van der Waals surface area contributed by atoms with Crippen LogP contribution < -0.4 is 5.73 Å². The molecule has 1 aliphatic rings. The molecule has 2 atom stereocenters. The molecule has 0 fully saturated rings. The summed E-state index contributed by atoms with van der Waals surface area (Å²) in [4.78, 5) is 20.6. The van der Waals surface area contributed by atoms with Crippen LogP contribution in [-0.4, -0.2) is 23.8 Å². The van der Waals surface area contributed by atoms with Crippen molar-refractivity contribution in [1.82, 2.24) is 4.90 Å². The first kappa shape index (κ1) is 22.8. The lowest BCUT2D eigenvalue weighted by molar-refractivity contribution is -0.134. The Bertz CT molecular complexity index is 1210. The van der Waals surface area contributed by atoms with Crippen LogP contribution in [0.2, 0.25) is 0 Å². The highest BCUT2D eigenvalue weighted by atomic mass is 32.1. The van der Waals surface area contributed by atoms with Gasteiger partial charge in [-0.05, 0) is 66.5 Å². The lowest BCUT2D eigenvalue weighted by Crippen LogP contribution is -2.53. The van der Waals surface area contributed by atoms with Crippen molar-refractivity contribution >= 4 is 23.2 Å². The number of thiophene rings is 1. The van der Waals surface area contributed by atoms with E-state index in [1.165, 1.54) is 10.5 Å². The van der Waals surface area contributed by atoms with E-state index in [1.54, 1.807) is 24.5 Å². The van der Waals surface area contributed by atoms with Gasteiger partial charge in [0.15, 0.2) is 5.96 Å². The molecule has 2 aromatic carbocycles. The minimum Gasteiger partial charge on any atom is -0.369 e. The number of nitrogens with two attached hydrogens (primary N) is 1. The number of hydrogen-bond donors (Lipinski definition) is 1. The van der Waals surface area contributed by atoms with Gasteiger partial charge in [-0.2, -0.15) is 5.26 Å². The van der Waals surface area contributed by atoms with Crippen molar-refractivity contribution in [3.05, 3.63) is 82.0 Å². The van der Waals surface area contributed by atoms with Crippen molar-refractivity contribution in [3.63, 3.8) is 0 Å². The lowest BCUT2D eigenvalue weighted by atomic mass is 9.78. The van der Waals surface area contributed by atoms with Gasteiger partial charge < -0.3 is 5.73 Å². The molecule has 2 heterocycles. The van der Waals surface area contributed by atoms with Crippen molar-refractivity contribution in [2.75, 3.05) is 7.05 Å². The largest absolute Gasteiger partial charge is 0.369 e. The molecule has 0 unspecified atom stereocenters. The summed E-state index contributed by atoms with van der Waals surface area (Å²) in [6, 6.07) is 22.3. The fraction of sp³-hybridized carbons (Fsp3) is 0.296. The molecule has 1 aliphatic heterocycles. The van der Waals surface area contributed by atoms with Crippen molar-refractivity contribution in [1.29, 1.82) is 5.26 Å². The number of aliphatic imine (C=N–C) groups is 1. The number of rotatable bonds is 7. The zero-order chi connectivity index (χ0) is 23.4. The van der Waals surface area contributed by atoms with Crippen LogP contribution in [0.3, 0.4) is 0 Å². The van der Waals surface area contributed by atoms with E-state index in [-0.39, 0.29) is 17.8 Å². The van der Waals surface area contributed by atoms with E-state index in [4.69, 9.17) is 10.7 Å². The summed E-state index contributed by atoms with van der Waals surface area (Å²) < 4.78 is 0. The summed E-state index contributed by atoms with van der Waals surface area (Å²) in [5.41, 5.74) is 9.39. The highest BCUT2D eigenvalue weighted by Crippen LogP contribution is 2.44. The number of aryl methyl sites for hydroxylation is 1. The SMILES string of the molecule is CN1C(=O)[C@@H](CCCCc2ccccc2)[C@@](C)(c2cc(-c3cccc(C#N)c3)cs2)N=C1N. The fourth-order valence-electron chi connectivity index (χ4n) is 4.45. The number of benzene rings is 2. The van der Waals surface area contributed by atoms with Gasteiger partial charge in [-0.3, -0.25) is 9.69 Å². The molecule has 0 bridgehead atoms. The Morgan fingerprint density at radius 3 is 2.67 bits per heavy atom. The quantitative estimate of drug-likeness (QED) is 0.489. The standard InChI is InChI=1S/C27H28N4OS/c1-27(24-16-22(18-33-24)21-13-8-12-20(15-21)17-28)23(25(32)31(2)26(29)30-27)14-7-6-11-19-9-4-3-5-10-19/h3-5,8-10,12-13,15-16,18,23H,6-7,11,14H2,1-2H3,(H2,29,30)/t23-,27+/m1/s1. The van der Waals surface area contributed by atoms with E-state index in [2.05, 4.69) is 41.8 Å². The molecule has 168 valence electrons. The van der Waals surface area contributed by atoms with Crippen LogP contribution in [-0.2, 0) is 16.8 Å². The van der Waals surface area contributed by atoms with Crippen molar-refractivity contribution in [2.45, 2.75) is 38.1 Å². The molecule has 1 amide bonds. The average Bonchev–Trinajstić information content (AvgIpc) is 3.34. The molecule has 33 heavy (non-hydrogen) atoms. The van der Waals surface area contributed by atoms with Crippen LogP contribution in [0.1, 0.15) is 42.2 Å². The summed E-state index contributed by atoms with van der Waals surface area (Å²) in [5.74, 6) is -0.00174. The second-order valence-corrected chi connectivity index (χ2v) is 9.60. The van der Waals surface area contributed by atoms with Gasteiger partial charge in [0.1, 0.15) is 5.54 Å². The Balaban J connectivity index is 1.57. The van der Waals surface area contributed by atoms with Gasteiger partial charge in [-0.15, -0.1) is 11.3 Å². The third-order valence-electron chi connectivity index (χ3n) is 6.47. The number of guanidine groups is 1. The Labute approximate surface area is 199 Å². The van der Waals surface area contributed by atoms with Gasteiger partial charge in [0, 0.05) is 11.9 Å². The number of carbonyl (C=O) groups is 1. The van der Waals surface area contributed by atoms with E-state index in [0.717, 1.165) is 41.7 Å². The van der Waals surface area contributed by atoms with E-state index < -0.39 is 5.54 Å². The van der Waals surface area contributed by atoms with Gasteiger partial charge in [0.05, 0.1) is 17.6 Å². The molecule has 0 aliphatic carbocycles. The normalized spacial score (nSPS) is 20.4. The molecular formula is C27H28N4OS. The summed E-state index contributed by atoms with van der Waals surface area (Å²) in [6.45, 7) is 2.02. The molecular weight excluding hydrogens is 428 g/mol. The minimum absolute atomic E-state index is 0.0196. The van der Waals surface area contributed by atoms with Crippen molar-refractivity contribution < 1.29 is 4.79 Å². The van der Waals surface area contributed by atoms with Gasteiger partial charge in [0.2, 0.25) is 5.91 Å². The predicted octanol–water partition coefficient (Wildman–Crippen LogP) is 5.32. The average molecular weight is 457 g/mol. The number of hydrogen-bond acceptors (Lipinski definition) is 5. The van der Waals surface area contributed by atoms with E-state index in [9.17, 15) is 10.1 Å². The second kappa shape index (κ2) is 9.60. The zero-order valence-electron chi connectivity index (χ0n) is 19.0. The van der Waals surface area contributed by atoms with Gasteiger partial charge in [0.25, 0.3) is 0 Å². The summed E-state index contributed by atoms with van der Waals surface area (Å²) in [7, 11) is 1.70. The zero-order valence-corrected chi connectivity index (χ0v) is 19.8. The Morgan fingerprint density at radius 1 is 1.12 bits per heavy atom. The van der Waals surface area contributed by atoms with Crippen LogP contribution >= 0.6 is 11.3 Å². The fourth-order valence-corrected chi connectivity index (χ4v) is 5.53. The highest BCUT2D eigenvalue weighted by molar-refractivity contribution is 7.10. The number of amides is 1. The maximum Gasteiger partial charge on any atom is 0.234 e. The smallest absolute Gasteiger partial charge is 0.234 e. The molecule has 6 heteroatoms. The Hall–Kier alpha value is -3.43. The first-order chi connectivity index (χ1) is 15.9. The number of unbranched alkanes of at least 4 members (excludes halogenated alkanes) is 1. The molecule has 5 nitrogen and oxygen atoms in total. The molecule has 4 rings (SSSR count). The summed E-state index contributed by atoms with van der Waals surface area (Å²) in [6.07, 6.45) is 3.70. The highest BCUT2D eigenvalue weighted by Gasteiger charge is 2.46. The molecule has 0 radical (unpaired) electrons. The first-order valence-corrected chi connectivity index (χ1v) is 12.1. The molecule has 0 saturated heterocycles. The molecule has 2 N–H and O–H groups in total. The number of nitriles is 1. The van der Waals surface area contributed by atoms with Crippen LogP contribution in [0.15, 0.2) is 71.0 Å². The van der Waals surface area contributed by atoms with Gasteiger partial charge >= 0.3 is 0 Å². The third kappa shape index (κ3) is 4.69. The summed E-state index contributed by atoms with van der Waals surface area (Å²) in [5, 5.41) is 11.3. The van der Waals surface area contributed by atoms with Crippen LogP contribution in [0.25, 0.3) is 11.1 Å². The lowest BCUT2D eigenvalue weighted by Gasteiger charge is -2.40.